The molecule has 1 aromatic rings. The van der Waals surface area contributed by atoms with Crippen molar-refractivity contribution in [1.82, 2.24) is 9.80 Å². The lowest BCUT2D eigenvalue weighted by Gasteiger charge is -2.43. The van der Waals surface area contributed by atoms with Crippen LogP contribution in [0.5, 0.6) is 5.75 Å². The van der Waals surface area contributed by atoms with E-state index in [1.165, 1.54) is 22.2 Å². The van der Waals surface area contributed by atoms with E-state index in [1.807, 2.05) is 24.3 Å². The monoisotopic (exact) mass is 420 g/mol. The summed E-state index contributed by atoms with van der Waals surface area (Å²) in [5.41, 5.74) is 1.14. The Balaban J connectivity index is 1.38. The molecule has 3 aliphatic rings. The van der Waals surface area contributed by atoms with Crippen molar-refractivity contribution >= 4 is 23.6 Å². The fourth-order valence-corrected chi connectivity index (χ4v) is 5.33. The number of carbonyl (C=O) groups is 2. The summed E-state index contributed by atoms with van der Waals surface area (Å²) >= 11 is 1.28. The Bertz CT molecular complexity index is 819. The van der Waals surface area contributed by atoms with Crippen molar-refractivity contribution in [2.75, 3.05) is 32.9 Å². The van der Waals surface area contributed by atoms with Gasteiger partial charge in [0.1, 0.15) is 23.4 Å². The third kappa shape index (κ3) is 4.00. The highest BCUT2D eigenvalue weighted by Gasteiger charge is 2.57. The zero-order valence-corrected chi connectivity index (χ0v) is 16.9. The third-order valence-corrected chi connectivity index (χ3v) is 6.72. The summed E-state index contributed by atoms with van der Waals surface area (Å²) in [6.45, 7) is 5.84. The molecule has 1 aromatic carbocycles. The van der Waals surface area contributed by atoms with Crippen LogP contribution in [-0.2, 0) is 20.9 Å². The lowest BCUT2D eigenvalue weighted by molar-refractivity contribution is -0.156. The van der Waals surface area contributed by atoms with E-state index in [0.29, 0.717) is 10.7 Å². The predicted molar refractivity (Wildman–Crippen MR) is 106 cm³/mol. The second-order valence-electron chi connectivity index (χ2n) is 7.38. The molecule has 3 atom stereocenters. The molecule has 0 saturated carbocycles. The summed E-state index contributed by atoms with van der Waals surface area (Å²) in [5, 5.41) is 19.0. The van der Waals surface area contributed by atoms with Crippen molar-refractivity contribution in [3.8, 4) is 5.75 Å². The van der Waals surface area contributed by atoms with Crippen LogP contribution in [0, 0.1) is 5.92 Å². The van der Waals surface area contributed by atoms with E-state index in [2.05, 4.69) is 4.90 Å². The van der Waals surface area contributed by atoms with Gasteiger partial charge in [-0.1, -0.05) is 23.9 Å². The fourth-order valence-electron chi connectivity index (χ4n) is 3.81. The number of morpholine rings is 1. The molecule has 2 N–H and O–H groups in total. The summed E-state index contributed by atoms with van der Waals surface area (Å²) in [7, 11) is 0. The standard InChI is InChI=1S/C20H24N2O6S/c1-12(23)16-18(24)22-17(20(25)26)15(29-19(16)22)11-28-14-4-2-13(3-5-14)10-21-6-8-27-9-7-21/h2-5,12,16,19,23H,6-11H2,1H3,(H,25,26)/t12-,16+,19-/m1/s1. The number of fused-ring (bicyclic) bond motifs is 1. The molecule has 2 fully saturated rings. The average molecular weight is 420 g/mol. The number of nitrogens with zero attached hydrogens (tertiary/aromatic N) is 2. The quantitative estimate of drug-likeness (QED) is 0.633. The van der Waals surface area contributed by atoms with Gasteiger partial charge in [-0.15, -0.1) is 0 Å². The molecule has 2 saturated heterocycles. The summed E-state index contributed by atoms with van der Waals surface area (Å²) < 4.78 is 11.2. The van der Waals surface area contributed by atoms with Crippen molar-refractivity contribution < 1.29 is 29.3 Å². The minimum atomic E-state index is -1.16. The molecule has 3 aliphatic heterocycles. The summed E-state index contributed by atoms with van der Waals surface area (Å²) in [6, 6.07) is 7.74. The van der Waals surface area contributed by atoms with Crippen LogP contribution in [0.4, 0.5) is 0 Å². The maximum Gasteiger partial charge on any atom is 0.353 e. The van der Waals surface area contributed by atoms with Gasteiger partial charge in [0.05, 0.1) is 30.1 Å². The largest absolute Gasteiger partial charge is 0.488 e. The zero-order valence-electron chi connectivity index (χ0n) is 16.1. The van der Waals surface area contributed by atoms with Gasteiger partial charge in [-0.2, -0.15) is 0 Å². The van der Waals surface area contributed by atoms with Crippen molar-refractivity contribution in [3.05, 3.63) is 40.4 Å². The maximum absolute atomic E-state index is 12.2. The molecule has 1 amide bonds. The van der Waals surface area contributed by atoms with Gasteiger partial charge >= 0.3 is 5.97 Å². The molecule has 8 nitrogen and oxygen atoms in total. The Kier molecular flexibility index (Phi) is 5.82. The van der Waals surface area contributed by atoms with Gasteiger partial charge in [0.2, 0.25) is 5.91 Å². The number of hydrogen-bond acceptors (Lipinski definition) is 7. The molecule has 4 rings (SSSR count). The van der Waals surface area contributed by atoms with Crippen LogP contribution in [0.25, 0.3) is 0 Å². The number of carbonyl (C=O) groups excluding carboxylic acids is 1. The van der Waals surface area contributed by atoms with Crippen LogP contribution < -0.4 is 4.74 Å². The number of aliphatic carboxylic acids is 1. The first-order chi connectivity index (χ1) is 14.0. The number of aliphatic hydroxyl groups is 1. The molecule has 9 heteroatoms. The summed E-state index contributed by atoms with van der Waals surface area (Å²) in [5.74, 6) is -1.44. The van der Waals surface area contributed by atoms with E-state index in [0.717, 1.165) is 32.8 Å². The van der Waals surface area contributed by atoms with Gasteiger partial charge in [0.15, 0.2) is 0 Å². The van der Waals surface area contributed by atoms with Crippen molar-refractivity contribution in [3.63, 3.8) is 0 Å². The van der Waals surface area contributed by atoms with Gasteiger partial charge in [-0.25, -0.2) is 4.79 Å². The summed E-state index contributed by atoms with van der Waals surface area (Å²) in [4.78, 5) is 28.0. The van der Waals surface area contributed by atoms with Crippen LogP contribution in [0.2, 0.25) is 0 Å². The minimum Gasteiger partial charge on any atom is -0.488 e. The molecule has 3 heterocycles. The number of benzene rings is 1. The number of carboxylic acids is 1. The van der Waals surface area contributed by atoms with Crippen molar-refractivity contribution in [1.29, 1.82) is 0 Å². The Labute approximate surface area is 173 Å². The highest BCUT2D eigenvalue weighted by molar-refractivity contribution is 8.04. The SMILES string of the molecule is C[C@@H](O)[C@H]1C(=O)N2C(C(=O)O)=C(COc3ccc(CN4CCOCC4)cc3)S[C@H]12. The van der Waals surface area contributed by atoms with Gasteiger partial charge in [-0.3, -0.25) is 14.6 Å². The molecular weight excluding hydrogens is 396 g/mol. The van der Waals surface area contributed by atoms with Crippen LogP contribution in [0.15, 0.2) is 34.9 Å². The molecule has 29 heavy (non-hydrogen) atoms. The molecule has 0 spiro atoms. The average Bonchev–Trinajstić information content (AvgIpc) is 3.02. The molecule has 0 unspecified atom stereocenters. The first-order valence-corrected chi connectivity index (χ1v) is 10.5. The first-order valence-electron chi connectivity index (χ1n) is 9.62. The van der Waals surface area contributed by atoms with Gasteiger partial charge in [0, 0.05) is 19.6 Å². The number of aliphatic hydroxyl groups excluding tert-OH is 1. The Morgan fingerprint density at radius 3 is 2.62 bits per heavy atom. The number of hydrogen-bond donors (Lipinski definition) is 2. The molecule has 156 valence electrons. The topological polar surface area (TPSA) is 99.5 Å². The van der Waals surface area contributed by atoms with Crippen molar-refractivity contribution in [2.45, 2.75) is 24.9 Å². The number of thioether (sulfide) groups is 1. The minimum absolute atomic E-state index is 0.0363. The molecule has 0 aromatic heterocycles. The Morgan fingerprint density at radius 1 is 1.31 bits per heavy atom. The lowest BCUT2D eigenvalue weighted by Crippen LogP contribution is -2.60. The van der Waals surface area contributed by atoms with E-state index in [4.69, 9.17) is 9.47 Å². The number of carboxylic acid groups (broad SMARTS) is 1. The van der Waals surface area contributed by atoms with Crippen LogP contribution >= 0.6 is 11.8 Å². The normalized spacial score (nSPS) is 25.6. The number of rotatable bonds is 7. The molecule has 0 aliphatic carbocycles. The van der Waals surface area contributed by atoms with E-state index in [-0.39, 0.29) is 23.6 Å². The number of β-lactam (4-membered cyclic amide) rings is 1. The Hall–Kier alpha value is -2.07. The van der Waals surface area contributed by atoms with Gasteiger partial charge in [-0.05, 0) is 24.6 Å². The predicted octanol–water partition coefficient (Wildman–Crippen LogP) is 1.11. The molecular formula is C20H24N2O6S. The highest BCUT2D eigenvalue weighted by Crippen LogP contribution is 2.50. The van der Waals surface area contributed by atoms with E-state index < -0.39 is 18.0 Å². The van der Waals surface area contributed by atoms with Crippen LogP contribution in [0.1, 0.15) is 12.5 Å². The second-order valence-corrected chi connectivity index (χ2v) is 8.59. The maximum atomic E-state index is 12.2. The van der Waals surface area contributed by atoms with E-state index >= 15 is 0 Å². The Morgan fingerprint density at radius 2 is 2.00 bits per heavy atom. The second kappa shape index (κ2) is 8.35. The summed E-state index contributed by atoms with van der Waals surface area (Å²) in [6.07, 6.45) is -0.814. The van der Waals surface area contributed by atoms with Crippen LogP contribution in [-0.4, -0.2) is 76.3 Å². The number of amides is 1. The van der Waals surface area contributed by atoms with E-state index in [1.54, 1.807) is 6.92 Å². The first kappa shape index (κ1) is 20.2. The number of ether oxygens (including phenoxy) is 2. The zero-order chi connectivity index (χ0) is 20.5. The molecule has 0 bridgehead atoms. The highest BCUT2D eigenvalue weighted by atomic mass is 32.2. The van der Waals surface area contributed by atoms with Gasteiger partial charge < -0.3 is 19.7 Å². The van der Waals surface area contributed by atoms with E-state index in [9.17, 15) is 19.8 Å². The molecule has 0 radical (unpaired) electrons. The van der Waals surface area contributed by atoms with Crippen molar-refractivity contribution in [2.24, 2.45) is 5.92 Å². The fraction of sp³-hybridized carbons (Fsp3) is 0.500. The third-order valence-electron chi connectivity index (χ3n) is 5.38. The smallest absolute Gasteiger partial charge is 0.353 e. The van der Waals surface area contributed by atoms with Gasteiger partial charge in [0.25, 0.3) is 0 Å². The van der Waals surface area contributed by atoms with Crippen LogP contribution in [0.3, 0.4) is 0 Å². The lowest BCUT2D eigenvalue weighted by atomic mass is 9.92.